The maximum Gasteiger partial charge on any atom is 0.170 e. The molecule has 2 aromatic carbocycles. The zero-order valence-corrected chi connectivity index (χ0v) is 16.5. The Morgan fingerprint density at radius 3 is 2.48 bits per heavy atom. The summed E-state index contributed by atoms with van der Waals surface area (Å²) in [6.45, 7) is 2.65. The van der Waals surface area contributed by atoms with E-state index >= 15 is 0 Å². The van der Waals surface area contributed by atoms with Crippen LogP contribution in [0.25, 0.3) is 0 Å². The van der Waals surface area contributed by atoms with E-state index in [1.165, 1.54) is 5.56 Å². The van der Waals surface area contributed by atoms with Gasteiger partial charge in [-0.25, -0.2) is 0 Å². The summed E-state index contributed by atoms with van der Waals surface area (Å²) < 4.78 is 5.22. The van der Waals surface area contributed by atoms with Crippen LogP contribution in [0.15, 0.2) is 42.5 Å². The highest BCUT2D eigenvalue weighted by Crippen LogP contribution is 2.23. The lowest BCUT2D eigenvalue weighted by atomic mass is 10.1. The van der Waals surface area contributed by atoms with Gasteiger partial charge in [-0.15, -0.1) is 0 Å². The summed E-state index contributed by atoms with van der Waals surface area (Å²) in [6.07, 6.45) is 0. The molecular formula is C19H24ClN3OS. The van der Waals surface area contributed by atoms with Gasteiger partial charge in [-0.2, -0.15) is 0 Å². The highest BCUT2D eigenvalue weighted by molar-refractivity contribution is 7.80. The Bertz CT molecular complexity index is 719. The number of thiocarbonyl (C=S) groups is 1. The third-order valence-electron chi connectivity index (χ3n) is 4.10. The minimum atomic E-state index is 0.186. The Morgan fingerprint density at radius 1 is 1.20 bits per heavy atom. The summed E-state index contributed by atoms with van der Waals surface area (Å²) in [4.78, 5) is 2.15. The molecule has 0 bridgehead atoms. The van der Waals surface area contributed by atoms with E-state index in [4.69, 9.17) is 28.6 Å². The van der Waals surface area contributed by atoms with Gasteiger partial charge in [0.2, 0.25) is 0 Å². The Balaban J connectivity index is 2.00. The monoisotopic (exact) mass is 377 g/mol. The van der Waals surface area contributed by atoms with Crippen LogP contribution in [0.3, 0.4) is 0 Å². The molecule has 2 N–H and O–H groups in total. The maximum atomic E-state index is 6.15. The molecule has 0 radical (unpaired) electrons. The molecule has 25 heavy (non-hydrogen) atoms. The zero-order chi connectivity index (χ0) is 18.4. The van der Waals surface area contributed by atoms with E-state index in [1.807, 2.05) is 51.4 Å². The van der Waals surface area contributed by atoms with Crippen LogP contribution in [0.4, 0.5) is 5.69 Å². The summed E-state index contributed by atoms with van der Waals surface area (Å²) in [6, 6.07) is 14.0. The Labute approximate surface area is 160 Å². The van der Waals surface area contributed by atoms with Crippen molar-refractivity contribution in [2.24, 2.45) is 0 Å². The number of rotatable bonds is 6. The van der Waals surface area contributed by atoms with Gasteiger partial charge in [-0.05, 0) is 68.6 Å². The molecule has 0 saturated heterocycles. The number of anilines is 1. The average molecular weight is 378 g/mol. The molecule has 134 valence electrons. The SMILES string of the molecule is COc1ccc([C@@H](CNC(=S)Nc2cccc(Cl)c2C)N(C)C)cc1. The van der Waals surface area contributed by atoms with Crippen molar-refractivity contribution in [3.63, 3.8) is 0 Å². The van der Waals surface area contributed by atoms with Gasteiger partial charge in [0.25, 0.3) is 0 Å². The standard InChI is InChI=1S/C19H24ClN3OS/c1-13-16(20)6-5-7-17(13)22-19(25)21-12-18(23(2)3)14-8-10-15(24-4)11-9-14/h5-11,18H,12H2,1-4H3,(H2,21,22,25)/t18-/m1/s1. The van der Waals surface area contributed by atoms with Gasteiger partial charge in [0.15, 0.2) is 5.11 Å². The molecule has 0 spiro atoms. The van der Waals surface area contributed by atoms with Crippen LogP contribution in [-0.4, -0.2) is 37.8 Å². The molecule has 2 rings (SSSR count). The average Bonchev–Trinajstić information content (AvgIpc) is 2.59. The van der Waals surface area contributed by atoms with E-state index in [1.54, 1.807) is 7.11 Å². The smallest absolute Gasteiger partial charge is 0.170 e. The van der Waals surface area contributed by atoms with Gasteiger partial charge in [0.05, 0.1) is 13.2 Å². The lowest BCUT2D eigenvalue weighted by molar-refractivity contribution is 0.299. The highest BCUT2D eigenvalue weighted by atomic mass is 35.5. The van der Waals surface area contributed by atoms with Gasteiger partial charge in [0.1, 0.15) is 5.75 Å². The second-order valence-electron chi connectivity index (χ2n) is 6.00. The van der Waals surface area contributed by atoms with Crippen LogP contribution < -0.4 is 15.4 Å². The Kier molecular flexibility index (Phi) is 7.05. The molecular weight excluding hydrogens is 354 g/mol. The van der Waals surface area contributed by atoms with E-state index in [9.17, 15) is 0 Å². The van der Waals surface area contributed by atoms with Crippen molar-refractivity contribution in [1.82, 2.24) is 10.2 Å². The fourth-order valence-electron chi connectivity index (χ4n) is 2.52. The molecule has 0 aliphatic heterocycles. The lowest BCUT2D eigenvalue weighted by Gasteiger charge is -2.26. The Morgan fingerprint density at radius 2 is 1.88 bits per heavy atom. The number of hydrogen-bond acceptors (Lipinski definition) is 3. The number of halogens is 1. The van der Waals surface area contributed by atoms with E-state index in [2.05, 4.69) is 27.7 Å². The van der Waals surface area contributed by atoms with Gasteiger partial charge >= 0.3 is 0 Å². The molecule has 4 nitrogen and oxygen atoms in total. The van der Waals surface area contributed by atoms with Crippen molar-refractivity contribution >= 4 is 34.6 Å². The fourth-order valence-corrected chi connectivity index (χ4v) is 2.89. The highest BCUT2D eigenvalue weighted by Gasteiger charge is 2.15. The van der Waals surface area contributed by atoms with Gasteiger partial charge in [-0.3, -0.25) is 0 Å². The van der Waals surface area contributed by atoms with Crippen LogP contribution >= 0.6 is 23.8 Å². The number of nitrogens with zero attached hydrogens (tertiary/aromatic N) is 1. The predicted octanol–water partition coefficient (Wildman–Crippen LogP) is 4.25. The summed E-state index contributed by atoms with van der Waals surface area (Å²) >= 11 is 11.6. The second-order valence-corrected chi connectivity index (χ2v) is 6.82. The van der Waals surface area contributed by atoms with Crippen LogP contribution in [0.1, 0.15) is 17.2 Å². The number of nitrogens with one attached hydrogen (secondary N) is 2. The second kappa shape index (κ2) is 9.04. The van der Waals surface area contributed by atoms with Gasteiger partial charge in [0, 0.05) is 17.3 Å². The first kappa shape index (κ1) is 19.5. The Hall–Kier alpha value is -1.82. The normalized spacial score (nSPS) is 11.9. The first-order chi connectivity index (χ1) is 11.9. The lowest BCUT2D eigenvalue weighted by Crippen LogP contribution is -2.36. The van der Waals surface area contributed by atoms with Crippen LogP contribution in [0, 0.1) is 6.92 Å². The summed E-state index contributed by atoms with van der Waals surface area (Å²) in [5.74, 6) is 0.850. The predicted molar refractivity (Wildman–Crippen MR) is 110 cm³/mol. The van der Waals surface area contributed by atoms with E-state index in [0.29, 0.717) is 11.7 Å². The summed E-state index contributed by atoms with van der Waals surface area (Å²) in [5.41, 5.74) is 3.09. The first-order valence-electron chi connectivity index (χ1n) is 8.02. The van der Waals surface area contributed by atoms with E-state index in [0.717, 1.165) is 22.0 Å². The minimum Gasteiger partial charge on any atom is -0.497 e. The van der Waals surface area contributed by atoms with Crippen molar-refractivity contribution in [3.8, 4) is 5.75 Å². The maximum absolute atomic E-state index is 6.15. The van der Waals surface area contributed by atoms with Crippen LogP contribution in [0.2, 0.25) is 5.02 Å². The molecule has 2 aromatic rings. The summed E-state index contributed by atoms with van der Waals surface area (Å²) in [7, 11) is 5.77. The van der Waals surface area contributed by atoms with Crippen LogP contribution in [-0.2, 0) is 0 Å². The molecule has 0 aliphatic rings. The molecule has 0 amide bonds. The number of hydrogen-bond donors (Lipinski definition) is 2. The van der Waals surface area contributed by atoms with Gasteiger partial charge in [-0.1, -0.05) is 29.8 Å². The molecule has 0 saturated carbocycles. The van der Waals surface area contributed by atoms with E-state index in [-0.39, 0.29) is 6.04 Å². The molecule has 0 aromatic heterocycles. The molecule has 0 heterocycles. The van der Waals surface area contributed by atoms with E-state index < -0.39 is 0 Å². The molecule has 6 heteroatoms. The zero-order valence-electron chi connectivity index (χ0n) is 15.0. The van der Waals surface area contributed by atoms with Crippen molar-refractivity contribution < 1.29 is 4.74 Å². The van der Waals surface area contributed by atoms with Crippen molar-refractivity contribution in [1.29, 1.82) is 0 Å². The number of likely N-dealkylation sites (N-methyl/N-ethyl adjacent to an activating group) is 1. The van der Waals surface area contributed by atoms with Gasteiger partial charge < -0.3 is 20.3 Å². The number of methoxy groups -OCH3 is 1. The quantitative estimate of drug-likeness (QED) is 0.736. The molecule has 0 aliphatic carbocycles. The number of benzene rings is 2. The first-order valence-corrected chi connectivity index (χ1v) is 8.81. The molecule has 1 atom stereocenters. The third-order valence-corrected chi connectivity index (χ3v) is 4.75. The largest absolute Gasteiger partial charge is 0.497 e. The molecule has 0 fully saturated rings. The van der Waals surface area contributed by atoms with Crippen molar-refractivity contribution in [3.05, 3.63) is 58.6 Å². The van der Waals surface area contributed by atoms with Crippen molar-refractivity contribution in [2.75, 3.05) is 33.1 Å². The van der Waals surface area contributed by atoms with Crippen molar-refractivity contribution in [2.45, 2.75) is 13.0 Å². The van der Waals surface area contributed by atoms with Crippen LogP contribution in [0.5, 0.6) is 5.75 Å². The summed E-state index contributed by atoms with van der Waals surface area (Å²) in [5, 5.41) is 7.80. The molecule has 0 unspecified atom stereocenters. The minimum absolute atomic E-state index is 0.186. The number of ether oxygens (including phenoxy) is 1. The third kappa shape index (κ3) is 5.33. The topological polar surface area (TPSA) is 36.5 Å². The fraction of sp³-hybridized carbons (Fsp3) is 0.316.